The zero-order chi connectivity index (χ0) is 25.3. The third-order valence-corrected chi connectivity index (χ3v) is 8.15. The molecule has 4 aliphatic heterocycles. The highest BCUT2D eigenvalue weighted by molar-refractivity contribution is 6.30. The number of ether oxygens (including phenoxy) is 1. The van der Waals surface area contributed by atoms with Crippen LogP contribution in [0.1, 0.15) is 29.9 Å². The van der Waals surface area contributed by atoms with Gasteiger partial charge in [-0.2, -0.15) is 0 Å². The maximum absolute atomic E-state index is 13.7. The number of rotatable bonds is 4. The summed E-state index contributed by atoms with van der Waals surface area (Å²) >= 11 is 6.38. The molecule has 194 valence electrons. The van der Waals surface area contributed by atoms with Gasteiger partial charge >= 0.3 is 0 Å². The Balaban J connectivity index is 1.11. The van der Waals surface area contributed by atoms with Crippen LogP contribution in [0, 0.1) is 11.2 Å². The minimum Gasteiger partial charge on any atom is -0.380 e. The second-order valence-electron chi connectivity index (χ2n) is 10.5. The number of pyridine rings is 1. The Kier molecular flexibility index (Phi) is 5.38. The molecule has 3 aromatic rings. The Morgan fingerprint density at radius 3 is 2.59 bits per heavy atom. The highest BCUT2D eigenvalue weighted by atomic mass is 35.5. The summed E-state index contributed by atoms with van der Waals surface area (Å²) in [6, 6.07) is 8.81. The van der Waals surface area contributed by atoms with Gasteiger partial charge in [-0.15, -0.1) is 10.2 Å². The van der Waals surface area contributed by atoms with Crippen molar-refractivity contribution in [2.75, 3.05) is 49.2 Å². The van der Waals surface area contributed by atoms with E-state index in [9.17, 15) is 13.2 Å². The number of hydrogen-bond acceptors (Lipinski definition) is 7. The molecule has 0 radical (unpaired) electrons. The average molecular weight is 532 g/mol. The van der Waals surface area contributed by atoms with Gasteiger partial charge in [0.1, 0.15) is 11.5 Å². The van der Waals surface area contributed by atoms with Crippen molar-refractivity contribution in [3.8, 4) is 5.69 Å². The van der Waals surface area contributed by atoms with Crippen molar-refractivity contribution in [1.82, 2.24) is 24.6 Å². The number of benzene rings is 1. The molecule has 0 unspecified atom stereocenters. The third-order valence-electron chi connectivity index (χ3n) is 7.91. The molecule has 1 aromatic carbocycles. The standard InChI is InChI=1S/C25H25ClF3N7O/c26-16-1-3-19-15(7-16)8-33(17-5-6-37-10-17)9-21-31-32-24(36(19)21)35-13-25(14-35)11-34(12-25)20-4-2-18(27)22(30-20)23(28)29/h1-4,7,17,23H,5-6,8-14H2/t17-/m1/s1. The monoisotopic (exact) mass is 531 g/mol. The summed E-state index contributed by atoms with van der Waals surface area (Å²) in [5, 5.41) is 9.86. The first kappa shape index (κ1) is 23.2. The van der Waals surface area contributed by atoms with E-state index in [4.69, 9.17) is 16.3 Å². The Hall–Kier alpha value is -2.89. The van der Waals surface area contributed by atoms with Gasteiger partial charge in [-0.25, -0.2) is 18.2 Å². The smallest absolute Gasteiger partial charge is 0.283 e. The van der Waals surface area contributed by atoms with Crippen LogP contribution in [-0.2, 0) is 17.8 Å². The van der Waals surface area contributed by atoms with Gasteiger partial charge in [0, 0.05) is 55.8 Å². The van der Waals surface area contributed by atoms with Crippen molar-refractivity contribution >= 4 is 23.4 Å². The minimum atomic E-state index is -2.94. The molecular formula is C25H25ClF3N7O. The van der Waals surface area contributed by atoms with E-state index < -0.39 is 17.9 Å². The van der Waals surface area contributed by atoms with Gasteiger partial charge < -0.3 is 14.5 Å². The van der Waals surface area contributed by atoms with Crippen molar-refractivity contribution in [1.29, 1.82) is 0 Å². The van der Waals surface area contributed by atoms with E-state index in [1.165, 1.54) is 6.07 Å². The topological polar surface area (TPSA) is 62.6 Å². The van der Waals surface area contributed by atoms with Crippen molar-refractivity contribution in [2.24, 2.45) is 5.41 Å². The maximum atomic E-state index is 13.7. The number of alkyl halides is 2. The lowest BCUT2D eigenvalue weighted by Gasteiger charge is -2.60. The first-order chi connectivity index (χ1) is 17.9. The first-order valence-corrected chi connectivity index (χ1v) is 12.8. The molecular weight excluding hydrogens is 507 g/mol. The lowest BCUT2D eigenvalue weighted by atomic mass is 9.73. The third kappa shape index (κ3) is 3.86. The van der Waals surface area contributed by atoms with Crippen LogP contribution in [0.3, 0.4) is 0 Å². The van der Waals surface area contributed by atoms with Crippen LogP contribution in [0.15, 0.2) is 30.3 Å². The fourth-order valence-corrected chi connectivity index (χ4v) is 6.29. The molecule has 8 nitrogen and oxygen atoms in total. The maximum Gasteiger partial charge on any atom is 0.283 e. The van der Waals surface area contributed by atoms with Gasteiger partial charge in [0.05, 0.1) is 18.8 Å². The number of fused-ring (bicyclic) bond motifs is 3. The second kappa shape index (κ2) is 8.57. The summed E-state index contributed by atoms with van der Waals surface area (Å²) in [7, 11) is 0. The molecule has 6 heterocycles. The van der Waals surface area contributed by atoms with Gasteiger partial charge in [-0.3, -0.25) is 9.47 Å². The van der Waals surface area contributed by atoms with Gasteiger partial charge in [-0.1, -0.05) is 11.6 Å². The SMILES string of the molecule is Fc1ccc(N2CC3(C2)CN(c2nnc4n2-c2ccc(Cl)cc2CN([C@@H]2CCOC2)C4)C3)nc1C(F)F. The minimum absolute atomic E-state index is 0.0221. The van der Waals surface area contributed by atoms with E-state index in [0.717, 1.165) is 61.8 Å². The van der Waals surface area contributed by atoms with E-state index in [1.54, 1.807) is 0 Å². The summed E-state index contributed by atoms with van der Waals surface area (Å²) < 4.78 is 47.6. The van der Waals surface area contributed by atoms with Crippen LogP contribution in [0.5, 0.6) is 0 Å². The Morgan fingerprint density at radius 2 is 1.84 bits per heavy atom. The van der Waals surface area contributed by atoms with E-state index in [1.807, 2.05) is 23.1 Å². The summed E-state index contributed by atoms with van der Waals surface area (Å²) in [5.74, 6) is 1.09. The number of anilines is 2. The molecule has 1 atom stereocenters. The van der Waals surface area contributed by atoms with E-state index in [-0.39, 0.29) is 5.41 Å². The van der Waals surface area contributed by atoms with E-state index >= 15 is 0 Å². The van der Waals surface area contributed by atoms with Crippen molar-refractivity contribution in [2.45, 2.75) is 32.0 Å². The zero-order valence-corrected chi connectivity index (χ0v) is 20.7. The molecule has 12 heteroatoms. The highest BCUT2D eigenvalue weighted by Gasteiger charge is 2.53. The molecule has 1 spiro atoms. The molecule has 7 rings (SSSR count). The van der Waals surface area contributed by atoms with Gasteiger partial charge in [0.15, 0.2) is 11.6 Å². The van der Waals surface area contributed by atoms with Gasteiger partial charge in [0.2, 0.25) is 5.95 Å². The quantitative estimate of drug-likeness (QED) is 0.507. The second-order valence-corrected chi connectivity index (χ2v) is 10.9. The number of nitrogens with zero attached hydrogens (tertiary/aromatic N) is 7. The summed E-state index contributed by atoms with van der Waals surface area (Å²) in [6.07, 6.45) is -1.95. The number of halogens is 4. The van der Waals surface area contributed by atoms with Crippen LogP contribution in [0.4, 0.5) is 24.9 Å². The van der Waals surface area contributed by atoms with E-state index in [0.29, 0.717) is 43.1 Å². The van der Waals surface area contributed by atoms with Crippen LogP contribution >= 0.6 is 11.6 Å². The number of hydrogen-bond donors (Lipinski definition) is 0. The van der Waals surface area contributed by atoms with Crippen molar-refractivity contribution in [3.63, 3.8) is 0 Å². The summed E-state index contributed by atoms with van der Waals surface area (Å²) in [6.45, 7) is 5.80. The van der Waals surface area contributed by atoms with Crippen LogP contribution in [0.2, 0.25) is 5.02 Å². The molecule has 3 saturated heterocycles. The molecule has 0 saturated carbocycles. The molecule has 0 aliphatic carbocycles. The Bertz CT molecular complexity index is 1350. The molecule has 0 N–H and O–H groups in total. The molecule has 0 bridgehead atoms. The van der Waals surface area contributed by atoms with Crippen molar-refractivity contribution in [3.05, 3.63) is 58.3 Å². The summed E-state index contributed by atoms with van der Waals surface area (Å²) in [4.78, 5) is 10.4. The predicted molar refractivity (Wildman–Crippen MR) is 131 cm³/mol. The molecule has 3 fully saturated rings. The first-order valence-electron chi connectivity index (χ1n) is 12.4. The molecule has 2 aromatic heterocycles. The lowest BCUT2D eigenvalue weighted by molar-refractivity contribution is 0.133. The average Bonchev–Trinajstić information content (AvgIpc) is 3.46. The largest absolute Gasteiger partial charge is 0.380 e. The zero-order valence-electron chi connectivity index (χ0n) is 20.0. The fraction of sp³-hybridized carbons (Fsp3) is 0.480. The predicted octanol–water partition coefficient (Wildman–Crippen LogP) is 3.82. The Morgan fingerprint density at radius 1 is 1.03 bits per heavy atom. The fourth-order valence-electron chi connectivity index (χ4n) is 6.09. The molecule has 0 amide bonds. The molecule has 4 aliphatic rings. The van der Waals surface area contributed by atoms with Gasteiger partial charge in [0.25, 0.3) is 6.43 Å². The molecule has 37 heavy (non-hydrogen) atoms. The van der Waals surface area contributed by atoms with E-state index in [2.05, 4.69) is 29.5 Å². The normalized spacial score (nSPS) is 22.6. The van der Waals surface area contributed by atoms with Crippen LogP contribution in [-0.4, -0.2) is 70.1 Å². The lowest BCUT2D eigenvalue weighted by Crippen LogP contribution is -2.73. The highest BCUT2D eigenvalue weighted by Crippen LogP contribution is 2.44. The van der Waals surface area contributed by atoms with Crippen LogP contribution in [0.25, 0.3) is 5.69 Å². The van der Waals surface area contributed by atoms with Gasteiger partial charge in [-0.05, 0) is 42.3 Å². The number of aromatic nitrogens is 4. The summed E-state index contributed by atoms with van der Waals surface area (Å²) in [5.41, 5.74) is 1.39. The Labute approximate surface area is 216 Å². The van der Waals surface area contributed by atoms with Crippen LogP contribution < -0.4 is 9.80 Å². The van der Waals surface area contributed by atoms with Crippen molar-refractivity contribution < 1.29 is 17.9 Å².